The zero-order valence-electron chi connectivity index (χ0n) is 9.87. The first kappa shape index (κ1) is 12.5. The number of hydrogen-bond donors (Lipinski definition) is 3. The van der Waals surface area contributed by atoms with Crippen LogP contribution in [0.3, 0.4) is 0 Å². The van der Waals surface area contributed by atoms with Gasteiger partial charge in [-0.2, -0.15) is 0 Å². The third-order valence-electron chi connectivity index (χ3n) is 2.04. The highest BCUT2D eigenvalue weighted by Crippen LogP contribution is 2.24. The number of carbonyl (C=O) groups is 1. The van der Waals surface area contributed by atoms with Crippen molar-refractivity contribution >= 4 is 11.6 Å². The van der Waals surface area contributed by atoms with Gasteiger partial charge in [0, 0.05) is 12.0 Å². The fourth-order valence-corrected chi connectivity index (χ4v) is 1.36. The van der Waals surface area contributed by atoms with Gasteiger partial charge in [0.05, 0.1) is 5.69 Å². The topological polar surface area (TPSA) is 75.3 Å². The Morgan fingerprint density at radius 2 is 2.12 bits per heavy atom. The van der Waals surface area contributed by atoms with E-state index in [1.54, 1.807) is 32.0 Å². The van der Waals surface area contributed by atoms with Gasteiger partial charge in [0.1, 0.15) is 5.75 Å². The second-order valence-electron chi connectivity index (χ2n) is 4.73. The van der Waals surface area contributed by atoms with Crippen LogP contribution in [0, 0.1) is 6.92 Å². The van der Waals surface area contributed by atoms with E-state index in [0.717, 1.165) is 5.56 Å². The molecule has 0 saturated heterocycles. The number of nitrogens with one attached hydrogen (secondary N) is 1. The molecule has 4 N–H and O–H groups in total. The van der Waals surface area contributed by atoms with Gasteiger partial charge in [0.25, 0.3) is 0 Å². The Kier molecular flexibility index (Phi) is 3.55. The normalized spacial score (nSPS) is 11.2. The lowest BCUT2D eigenvalue weighted by molar-refractivity contribution is -0.117. The summed E-state index contributed by atoms with van der Waals surface area (Å²) in [7, 11) is 0. The lowest BCUT2D eigenvalue weighted by Gasteiger charge is -2.17. The van der Waals surface area contributed by atoms with Crippen LogP contribution in [0.15, 0.2) is 18.2 Å². The van der Waals surface area contributed by atoms with E-state index < -0.39 is 5.54 Å². The van der Waals surface area contributed by atoms with E-state index in [1.165, 1.54) is 0 Å². The zero-order chi connectivity index (χ0) is 12.3. The average molecular weight is 222 g/mol. The Balaban J connectivity index is 2.73. The molecule has 4 heteroatoms. The van der Waals surface area contributed by atoms with E-state index in [2.05, 4.69) is 5.32 Å². The van der Waals surface area contributed by atoms with Gasteiger partial charge in [-0.15, -0.1) is 0 Å². The first-order valence-electron chi connectivity index (χ1n) is 5.16. The van der Waals surface area contributed by atoms with Crippen LogP contribution < -0.4 is 11.1 Å². The predicted octanol–water partition coefficient (Wildman–Crippen LogP) is 1.77. The summed E-state index contributed by atoms with van der Waals surface area (Å²) < 4.78 is 0. The molecular weight excluding hydrogens is 204 g/mol. The molecule has 1 amide bonds. The van der Waals surface area contributed by atoms with Gasteiger partial charge in [-0.1, -0.05) is 6.07 Å². The van der Waals surface area contributed by atoms with Gasteiger partial charge < -0.3 is 16.2 Å². The number of hydrogen-bond acceptors (Lipinski definition) is 3. The number of aryl methyl sites for hydroxylation is 1. The minimum Gasteiger partial charge on any atom is -0.506 e. The molecule has 1 aromatic carbocycles. The summed E-state index contributed by atoms with van der Waals surface area (Å²) in [5, 5.41) is 12.2. The number of rotatable bonds is 3. The first-order chi connectivity index (χ1) is 7.28. The summed E-state index contributed by atoms with van der Waals surface area (Å²) in [5.41, 5.74) is 6.58. The van der Waals surface area contributed by atoms with Crippen LogP contribution in [0.25, 0.3) is 0 Å². The third-order valence-corrected chi connectivity index (χ3v) is 2.04. The van der Waals surface area contributed by atoms with Crippen molar-refractivity contribution in [2.75, 3.05) is 5.32 Å². The monoisotopic (exact) mass is 222 g/mol. The predicted molar refractivity (Wildman–Crippen MR) is 64.4 cm³/mol. The number of carbonyl (C=O) groups excluding carboxylic acids is 1. The molecule has 1 aromatic rings. The van der Waals surface area contributed by atoms with Crippen LogP contribution >= 0.6 is 0 Å². The summed E-state index contributed by atoms with van der Waals surface area (Å²) in [6.07, 6.45) is 0.209. The van der Waals surface area contributed by atoms with Crippen molar-refractivity contribution in [1.29, 1.82) is 0 Å². The Bertz CT molecular complexity index is 394. The molecule has 16 heavy (non-hydrogen) atoms. The molecule has 0 heterocycles. The number of benzene rings is 1. The van der Waals surface area contributed by atoms with Crippen molar-refractivity contribution < 1.29 is 9.90 Å². The van der Waals surface area contributed by atoms with E-state index in [1.807, 2.05) is 6.92 Å². The van der Waals surface area contributed by atoms with Crippen LogP contribution in [0.1, 0.15) is 25.8 Å². The van der Waals surface area contributed by atoms with E-state index in [4.69, 9.17) is 5.73 Å². The molecule has 0 aliphatic rings. The van der Waals surface area contributed by atoms with Crippen molar-refractivity contribution in [3.63, 3.8) is 0 Å². The lowest BCUT2D eigenvalue weighted by atomic mass is 10.0. The quantitative estimate of drug-likeness (QED) is 0.682. The van der Waals surface area contributed by atoms with Crippen LogP contribution in [0.2, 0.25) is 0 Å². The summed E-state index contributed by atoms with van der Waals surface area (Å²) in [6.45, 7) is 5.45. The molecule has 0 bridgehead atoms. The third kappa shape index (κ3) is 3.90. The second kappa shape index (κ2) is 4.53. The van der Waals surface area contributed by atoms with Crippen molar-refractivity contribution in [2.24, 2.45) is 5.73 Å². The standard InChI is InChI=1S/C12H18N2O2/c1-8-4-5-10(15)9(6-8)14-11(16)7-12(2,3)13/h4-6,15H,7,13H2,1-3H3,(H,14,16). The van der Waals surface area contributed by atoms with Crippen LogP contribution in [-0.4, -0.2) is 16.6 Å². The Morgan fingerprint density at radius 3 is 2.69 bits per heavy atom. The number of nitrogens with two attached hydrogens (primary N) is 1. The summed E-state index contributed by atoms with van der Waals surface area (Å²) in [5.74, 6) is -0.137. The number of amides is 1. The average Bonchev–Trinajstić information content (AvgIpc) is 2.08. The van der Waals surface area contributed by atoms with Crippen LogP contribution in [0.4, 0.5) is 5.69 Å². The molecule has 0 radical (unpaired) electrons. The van der Waals surface area contributed by atoms with Crippen LogP contribution in [0.5, 0.6) is 5.75 Å². The maximum Gasteiger partial charge on any atom is 0.226 e. The van der Waals surface area contributed by atoms with E-state index >= 15 is 0 Å². The molecule has 88 valence electrons. The van der Waals surface area contributed by atoms with Gasteiger partial charge in [-0.05, 0) is 38.5 Å². The summed E-state index contributed by atoms with van der Waals surface area (Å²) in [6, 6.07) is 5.05. The number of phenolic OH excluding ortho intramolecular Hbond substituents is 1. The smallest absolute Gasteiger partial charge is 0.226 e. The van der Waals surface area contributed by atoms with Crippen molar-refractivity contribution in [3.05, 3.63) is 23.8 Å². The maximum absolute atomic E-state index is 11.6. The van der Waals surface area contributed by atoms with Crippen molar-refractivity contribution in [2.45, 2.75) is 32.7 Å². The molecule has 0 saturated carbocycles. The highest BCUT2D eigenvalue weighted by atomic mass is 16.3. The van der Waals surface area contributed by atoms with Gasteiger partial charge in [-0.25, -0.2) is 0 Å². The van der Waals surface area contributed by atoms with Gasteiger partial charge >= 0.3 is 0 Å². The molecule has 0 aliphatic carbocycles. The highest BCUT2D eigenvalue weighted by Gasteiger charge is 2.17. The number of anilines is 1. The summed E-state index contributed by atoms with van der Waals surface area (Å²) in [4.78, 5) is 11.6. The number of aromatic hydroxyl groups is 1. The molecule has 4 nitrogen and oxygen atoms in total. The van der Waals surface area contributed by atoms with Gasteiger partial charge in [0.2, 0.25) is 5.91 Å². The van der Waals surface area contributed by atoms with Gasteiger partial charge in [0.15, 0.2) is 0 Å². The molecule has 1 rings (SSSR count). The molecule has 0 aromatic heterocycles. The minimum absolute atomic E-state index is 0.0637. The van der Waals surface area contributed by atoms with Gasteiger partial charge in [-0.3, -0.25) is 4.79 Å². The van der Waals surface area contributed by atoms with Crippen molar-refractivity contribution in [3.8, 4) is 5.75 Å². The fraction of sp³-hybridized carbons (Fsp3) is 0.417. The molecule has 0 fully saturated rings. The Hall–Kier alpha value is -1.55. The van der Waals surface area contributed by atoms with Crippen LogP contribution in [-0.2, 0) is 4.79 Å². The highest BCUT2D eigenvalue weighted by molar-refractivity contribution is 5.92. The Morgan fingerprint density at radius 1 is 1.50 bits per heavy atom. The molecule has 0 spiro atoms. The van der Waals surface area contributed by atoms with E-state index in [-0.39, 0.29) is 18.1 Å². The molecule has 0 aliphatic heterocycles. The molecule has 0 unspecified atom stereocenters. The largest absolute Gasteiger partial charge is 0.506 e. The SMILES string of the molecule is Cc1ccc(O)c(NC(=O)CC(C)(C)N)c1. The molecule has 0 atom stereocenters. The minimum atomic E-state index is -0.552. The summed E-state index contributed by atoms with van der Waals surface area (Å²) >= 11 is 0. The van der Waals surface area contributed by atoms with E-state index in [9.17, 15) is 9.90 Å². The lowest BCUT2D eigenvalue weighted by Crippen LogP contribution is -2.36. The van der Waals surface area contributed by atoms with E-state index in [0.29, 0.717) is 5.69 Å². The van der Waals surface area contributed by atoms with Crippen molar-refractivity contribution in [1.82, 2.24) is 0 Å². The zero-order valence-corrected chi connectivity index (χ0v) is 9.87. The maximum atomic E-state index is 11.6. The molecular formula is C12H18N2O2. The first-order valence-corrected chi connectivity index (χ1v) is 5.16. The Labute approximate surface area is 95.5 Å². The second-order valence-corrected chi connectivity index (χ2v) is 4.73. The fourth-order valence-electron chi connectivity index (χ4n) is 1.36. The number of phenols is 1.